The fraction of sp³-hybridized carbons (Fsp3) is 0.368. The van der Waals surface area contributed by atoms with Gasteiger partial charge >= 0.3 is 21.6 Å². The topological polar surface area (TPSA) is 116 Å². The molecule has 1 aliphatic heterocycles. The van der Waals surface area contributed by atoms with Crippen molar-refractivity contribution in [3.05, 3.63) is 47.7 Å². The van der Waals surface area contributed by atoms with Crippen molar-refractivity contribution < 1.29 is 43.8 Å². The minimum absolute atomic E-state index is 0.0424. The highest BCUT2D eigenvalue weighted by Crippen LogP contribution is 2.40. The van der Waals surface area contributed by atoms with Crippen molar-refractivity contribution in [1.82, 2.24) is 19.6 Å². The van der Waals surface area contributed by atoms with E-state index in [1.807, 2.05) is 0 Å². The van der Waals surface area contributed by atoms with Crippen molar-refractivity contribution in [1.29, 1.82) is 0 Å². The summed E-state index contributed by atoms with van der Waals surface area (Å²) in [6.45, 7) is 1.37. The monoisotopic (exact) mass is 506 g/mol. The maximum absolute atomic E-state index is 14.2. The Kier molecular flexibility index (Phi) is 5.10. The Balaban J connectivity index is 1.88. The molecule has 34 heavy (non-hydrogen) atoms. The van der Waals surface area contributed by atoms with Gasteiger partial charge in [-0.05, 0) is 31.9 Å². The first-order valence-corrected chi connectivity index (χ1v) is 11.0. The molecular formula is C19H17F4N5O5S. The molecule has 0 radical (unpaired) electrons. The maximum Gasteiger partial charge on any atom is 0.534 e. The molecule has 1 fully saturated rings. The minimum Gasteiger partial charge on any atom is -0.462 e. The zero-order valence-corrected chi connectivity index (χ0v) is 18.0. The Morgan fingerprint density at radius 1 is 1.38 bits per heavy atom. The van der Waals surface area contributed by atoms with E-state index in [0.29, 0.717) is 12.3 Å². The number of rotatable bonds is 6. The molecule has 182 valence electrons. The number of carbonyl (C=O) groups is 1. The van der Waals surface area contributed by atoms with Crippen molar-refractivity contribution in [3.63, 3.8) is 0 Å². The van der Waals surface area contributed by atoms with Crippen LogP contribution in [0.1, 0.15) is 45.8 Å². The SMILES string of the molecule is [2H]C1([2H])CCN(c2ccn3ncc(C(=O)OCC)c3n2)C1([2H])c1cc(F)cnc1OS(=O)(=O)C(F)(F)F. The summed E-state index contributed by atoms with van der Waals surface area (Å²) in [4.78, 5) is 20.8. The van der Waals surface area contributed by atoms with Crippen LogP contribution in [0.15, 0.2) is 30.7 Å². The molecule has 0 spiro atoms. The Morgan fingerprint density at radius 2 is 2.15 bits per heavy atom. The van der Waals surface area contributed by atoms with Crippen LogP contribution < -0.4 is 9.08 Å². The normalized spacial score (nSPS) is 21.7. The first-order valence-electron chi connectivity index (χ1n) is 11.1. The molecule has 1 atom stereocenters. The highest BCUT2D eigenvalue weighted by atomic mass is 32.2. The van der Waals surface area contributed by atoms with Gasteiger partial charge in [0.25, 0.3) is 0 Å². The number of pyridine rings is 1. The van der Waals surface area contributed by atoms with Crippen molar-refractivity contribution in [3.8, 4) is 5.88 Å². The summed E-state index contributed by atoms with van der Waals surface area (Å²) in [5, 5.41) is 3.96. The second-order valence-corrected chi connectivity index (χ2v) is 8.29. The second kappa shape index (κ2) is 8.70. The highest BCUT2D eigenvalue weighted by molar-refractivity contribution is 7.87. The molecule has 10 nitrogen and oxygen atoms in total. The van der Waals surface area contributed by atoms with Crippen LogP contribution in [-0.4, -0.2) is 52.6 Å². The zero-order valence-electron chi connectivity index (χ0n) is 20.2. The Hall–Kier alpha value is -3.49. The molecule has 0 bridgehead atoms. The van der Waals surface area contributed by atoms with E-state index in [4.69, 9.17) is 8.85 Å². The number of halogens is 4. The summed E-state index contributed by atoms with van der Waals surface area (Å²) in [6.07, 6.45) is -0.128. The van der Waals surface area contributed by atoms with E-state index >= 15 is 0 Å². The molecule has 1 saturated heterocycles. The van der Waals surface area contributed by atoms with E-state index in [9.17, 15) is 30.8 Å². The van der Waals surface area contributed by atoms with E-state index in [-0.39, 0.29) is 30.2 Å². The van der Waals surface area contributed by atoms with Gasteiger partial charge in [0.2, 0.25) is 5.88 Å². The van der Waals surface area contributed by atoms with Gasteiger partial charge in [-0.2, -0.15) is 26.7 Å². The number of nitrogens with zero attached hydrogens (tertiary/aromatic N) is 5. The van der Waals surface area contributed by atoms with Gasteiger partial charge in [-0.1, -0.05) is 0 Å². The second-order valence-electron chi connectivity index (χ2n) is 6.75. The van der Waals surface area contributed by atoms with Crippen LogP contribution in [0.3, 0.4) is 0 Å². The number of esters is 1. The first kappa shape index (κ1) is 19.9. The third-order valence-corrected chi connectivity index (χ3v) is 5.51. The summed E-state index contributed by atoms with van der Waals surface area (Å²) in [5.41, 5.74) is -6.90. The maximum atomic E-state index is 14.2. The van der Waals surface area contributed by atoms with Crippen LogP contribution in [-0.2, 0) is 14.9 Å². The van der Waals surface area contributed by atoms with Crippen molar-refractivity contribution >= 4 is 27.6 Å². The van der Waals surface area contributed by atoms with Gasteiger partial charge in [0, 0.05) is 21.0 Å². The smallest absolute Gasteiger partial charge is 0.462 e. The van der Waals surface area contributed by atoms with Crippen molar-refractivity contribution in [2.45, 2.75) is 31.2 Å². The van der Waals surface area contributed by atoms with Gasteiger partial charge in [0.1, 0.15) is 17.2 Å². The van der Waals surface area contributed by atoms with Gasteiger partial charge in [0.05, 0.1) is 26.4 Å². The molecule has 3 aromatic rings. The summed E-state index contributed by atoms with van der Waals surface area (Å²) in [5.74, 6) is -3.44. The number of anilines is 1. The van der Waals surface area contributed by atoms with Crippen LogP contribution in [0.5, 0.6) is 5.88 Å². The Bertz CT molecular complexity index is 1490. The van der Waals surface area contributed by atoms with Crippen LogP contribution >= 0.6 is 0 Å². The summed E-state index contributed by atoms with van der Waals surface area (Å²) >= 11 is 0. The van der Waals surface area contributed by atoms with Crippen molar-refractivity contribution in [2.24, 2.45) is 0 Å². The lowest BCUT2D eigenvalue weighted by atomic mass is 10.1. The fourth-order valence-corrected chi connectivity index (χ4v) is 3.57. The predicted molar refractivity (Wildman–Crippen MR) is 108 cm³/mol. The minimum atomic E-state index is -6.29. The van der Waals surface area contributed by atoms with E-state index in [1.165, 1.54) is 23.0 Å². The lowest BCUT2D eigenvalue weighted by Crippen LogP contribution is -2.30. The Morgan fingerprint density at radius 3 is 2.85 bits per heavy atom. The standard InChI is InChI=1S/C19H17F4N5O5S/c1-2-32-18(29)13-10-25-28-7-5-15(26-16(13)28)27-6-3-4-14(27)12-8-11(20)9-24-17(12)33-34(30,31)19(21,22)23/h5,7-10,14H,2-4,6H2,1H3/i4D2,14D. The Labute approximate surface area is 194 Å². The molecular weight excluding hydrogens is 486 g/mol. The summed E-state index contributed by atoms with van der Waals surface area (Å²) in [6, 6.07) is -1.02. The lowest BCUT2D eigenvalue weighted by molar-refractivity contribution is -0.0501. The molecule has 1 aliphatic rings. The number of carbonyl (C=O) groups excluding carboxylic acids is 1. The number of hydrogen-bond acceptors (Lipinski definition) is 9. The van der Waals surface area contributed by atoms with Gasteiger partial charge in [0.15, 0.2) is 5.65 Å². The zero-order chi connectivity index (χ0) is 27.4. The molecule has 4 heterocycles. The van der Waals surface area contributed by atoms with Gasteiger partial charge in [-0.25, -0.2) is 23.7 Å². The van der Waals surface area contributed by atoms with Crippen LogP contribution in [0.2, 0.25) is 0 Å². The molecule has 0 amide bonds. The van der Waals surface area contributed by atoms with Crippen LogP contribution in [0.4, 0.5) is 23.4 Å². The van der Waals surface area contributed by atoms with E-state index in [2.05, 4.69) is 19.2 Å². The molecule has 0 aromatic carbocycles. The van der Waals surface area contributed by atoms with E-state index in [0.717, 1.165) is 4.90 Å². The number of ether oxygens (including phenoxy) is 1. The molecule has 0 saturated carbocycles. The van der Waals surface area contributed by atoms with Crippen LogP contribution in [0, 0.1) is 5.82 Å². The van der Waals surface area contributed by atoms with Gasteiger partial charge in [-0.3, -0.25) is 0 Å². The quantitative estimate of drug-likeness (QED) is 0.215. The van der Waals surface area contributed by atoms with Crippen molar-refractivity contribution in [2.75, 3.05) is 18.1 Å². The molecule has 0 aliphatic carbocycles. The lowest BCUT2D eigenvalue weighted by Gasteiger charge is -2.27. The summed E-state index contributed by atoms with van der Waals surface area (Å²) < 4.78 is 113. The number of alkyl halides is 3. The average Bonchev–Trinajstić information content (AvgIpc) is 3.32. The third-order valence-electron chi connectivity index (χ3n) is 4.57. The van der Waals surface area contributed by atoms with Gasteiger partial charge < -0.3 is 13.8 Å². The highest BCUT2D eigenvalue weighted by Gasteiger charge is 2.49. The number of aromatic nitrogens is 4. The third kappa shape index (κ3) is 4.34. The number of fused-ring (bicyclic) bond motifs is 1. The number of hydrogen-bond donors (Lipinski definition) is 0. The molecule has 3 aromatic heterocycles. The first-order chi connectivity index (χ1) is 17.1. The van der Waals surface area contributed by atoms with Gasteiger partial charge in [-0.15, -0.1) is 0 Å². The molecule has 0 N–H and O–H groups in total. The van der Waals surface area contributed by atoms with Crippen LogP contribution in [0.25, 0.3) is 5.65 Å². The summed E-state index contributed by atoms with van der Waals surface area (Å²) in [7, 11) is -6.29. The predicted octanol–water partition coefficient (Wildman–Crippen LogP) is 3.01. The molecule has 15 heteroatoms. The fourth-order valence-electron chi connectivity index (χ4n) is 3.14. The van der Waals surface area contributed by atoms with E-state index in [1.54, 1.807) is 6.92 Å². The largest absolute Gasteiger partial charge is 0.534 e. The van der Waals surface area contributed by atoms with E-state index < -0.39 is 57.7 Å². The molecule has 1 unspecified atom stereocenters. The average molecular weight is 506 g/mol. The molecule has 4 rings (SSSR count).